The monoisotopic (exact) mass is 363 g/mol. The van der Waals surface area contributed by atoms with Crippen LogP contribution < -0.4 is 5.32 Å². The number of rotatable bonds is 4. The van der Waals surface area contributed by atoms with Gasteiger partial charge in [-0.3, -0.25) is 0 Å². The van der Waals surface area contributed by atoms with Gasteiger partial charge in [-0.05, 0) is 63.4 Å². The highest BCUT2D eigenvalue weighted by Gasteiger charge is 2.17. The van der Waals surface area contributed by atoms with Gasteiger partial charge in [-0.1, -0.05) is 30.3 Å². The van der Waals surface area contributed by atoms with Gasteiger partial charge in [-0.15, -0.1) is 11.3 Å². The second kappa shape index (κ2) is 6.26. The molecular weight excluding hydrogens is 349 g/mol. The van der Waals surface area contributed by atoms with Crippen molar-refractivity contribution < 1.29 is 4.39 Å². The maximum Gasteiger partial charge on any atom is 0.137 e. The molecule has 0 radical (unpaired) electrons. The molecule has 0 spiro atoms. The fraction of sp³-hybridized carbons (Fsp3) is 0.176. The maximum atomic E-state index is 13.7. The summed E-state index contributed by atoms with van der Waals surface area (Å²) in [5, 5.41) is 6.82. The Balaban J connectivity index is 1.97. The smallest absolute Gasteiger partial charge is 0.137 e. The SMILES string of the molecule is CNC(Cc1cccc(F)c1Br)c1csc2ccccc12. The van der Waals surface area contributed by atoms with Crippen LogP contribution in [0.25, 0.3) is 10.1 Å². The van der Waals surface area contributed by atoms with Crippen LogP contribution in [0.2, 0.25) is 0 Å². The molecule has 2 aromatic carbocycles. The van der Waals surface area contributed by atoms with Crippen LogP contribution in [0.15, 0.2) is 52.3 Å². The molecule has 0 saturated heterocycles. The van der Waals surface area contributed by atoms with Gasteiger partial charge in [-0.25, -0.2) is 4.39 Å². The lowest BCUT2D eigenvalue weighted by Crippen LogP contribution is -2.18. The molecule has 0 saturated carbocycles. The fourth-order valence-electron chi connectivity index (χ4n) is 2.56. The number of fused-ring (bicyclic) bond motifs is 1. The first-order chi connectivity index (χ1) is 10.2. The number of hydrogen-bond donors (Lipinski definition) is 1. The highest BCUT2D eigenvalue weighted by atomic mass is 79.9. The Morgan fingerprint density at radius 2 is 2.00 bits per heavy atom. The molecule has 1 atom stereocenters. The van der Waals surface area contributed by atoms with E-state index in [-0.39, 0.29) is 11.9 Å². The number of halogens is 2. The summed E-state index contributed by atoms with van der Waals surface area (Å²) in [4.78, 5) is 0. The predicted molar refractivity (Wildman–Crippen MR) is 91.4 cm³/mol. The van der Waals surface area contributed by atoms with E-state index in [0.717, 1.165) is 12.0 Å². The number of benzene rings is 2. The lowest BCUT2D eigenvalue weighted by Gasteiger charge is -2.17. The summed E-state index contributed by atoms with van der Waals surface area (Å²) in [6.07, 6.45) is 0.746. The molecule has 1 unspecified atom stereocenters. The first-order valence-corrected chi connectivity index (χ1v) is 8.44. The normalized spacial score (nSPS) is 12.7. The van der Waals surface area contributed by atoms with Crippen LogP contribution in [0.5, 0.6) is 0 Å². The Kier molecular flexibility index (Phi) is 4.38. The van der Waals surface area contributed by atoms with Crippen molar-refractivity contribution in [3.05, 3.63) is 69.3 Å². The van der Waals surface area contributed by atoms with Crippen molar-refractivity contribution in [2.75, 3.05) is 7.05 Å². The van der Waals surface area contributed by atoms with Crippen LogP contribution >= 0.6 is 27.3 Å². The molecule has 1 aromatic heterocycles. The largest absolute Gasteiger partial charge is 0.313 e. The number of nitrogens with one attached hydrogen (secondary N) is 1. The van der Waals surface area contributed by atoms with E-state index in [1.54, 1.807) is 17.4 Å². The molecule has 4 heteroatoms. The summed E-state index contributed by atoms with van der Waals surface area (Å²) in [5.41, 5.74) is 2.25. The summed E-state index contributed by atoms with van der Waals surface area (Å²) in [5.74, 6) is -0.211. The standard InChI is InChI=1S/C17H15BrFNS/c1-20-15(9-11-5-4-7-14(19)17(11)18)13-10-21-16-8-3-2-6-12(13)16/h2-8,10,15,20H,9H2,1H3. The molecule has 3 rings (SSSR count). The van der Waals surface area contributed by atoms with Crippen molar-refractivity contribution >= 4 is 37.4 Å². The van der Waals surface area contributed by atoms with Crippen molar-refractivity contribution in [2.45, 2.75) is 12.5 Å². The van der Waals surface area contributed by atoms with Gasteiger partial charge in [0.25, 0.3) is 0 Å². The van der Waals surface area contributed by atoms with Crippen LogP contribution in [0.3, 0.4) is 0 Å². The number of hydrogen-bond acceptors (Lipinski definition) is 2. The third-order valence-electron chi connectivity index (χ3n) is 3.69. The zero-order chi connectivity index (χ0) is 14.8. The van der Waals surface area contributed by atoms with E-state index < -0.39 is 0 Å². The maximum absolute atomic E-state index is 13.7. The van der Waals surface area contributed by atoms with Crippen molar-refractivity contribution in [2.24, 2.45) is 0 Å². The molecule has 1 nitrogen and oxygen atoms in total. The van der Waals surface area contributed by atoms with Gasteiger partial charge in [0, 0.05) is 10.7 Å². The molecule has 0 aliphatic carbocycles. The highest BCUT2D eigenvalue weighted by Crippen LogP contribution is 2.33. The van der Waals surface area contributed by atoms with Crippen LogP contribution in [0, 0.1) is 5.82 Å². The Morgan fingerprint density at radius 1 is 1.19 bits per heavy atom. The Labute approximate surface area is 135 Å². The Morgan fingerprint density at radius 3 is 2.81 bits per heavy atom. The molecule has 1 N–H and O–H groups in total. The molecule has 0 bridgehead atoms. The zero-order valence-electron chi connectivity index (χ0n) is 11.6. The van der Waals surface area contributed by atoms with E-state index in [1.807, 2.05) is 13.1 Å². The summed E-state index contributed by atoms with van der Waals surface area (Å²) in [6, 6.07) is 13.8. The van der Waals surface area contributed by atoms with Crippen LogP contribution in [0.1, 0.15) is 17.2 Å². The van der Waals surface area contributed by atoms with Crippen molar-refractivity contribution in [3.63, 3.8) is 0 Å². The second-order valence-corrected chi connectivity index (χ2v) is 6.65. The summed E-state index contributed by atoms with van der Waals surface area (Å²) in [7, 11) is 1.95. The number of likely N-dealkylation sites (N-methyl/N-ethyl adjacent to an activating group) is 1. The molecule has 0 fully saturated rings. The van der Waals surface area contributed by atoms with Gasteiger partial charge in [0.2, 0.25) is 0 Å². The van der Waals surface area contributed by atoms with Crippen molar-refractivity contribution in [1.29, 1.82) is 0 Å². The molecule has 0 amide bonds. The first-order valence-electron chi connectivity index (χ1n) is 6.77. The van der Waals surface area contributed by atoms with E-state index >= 15 is 0 Å². The van der Waals surface area contributed by atoms with E-state index in [9.17, 15) is 4.39 Å². The topological polar surface area (TPSA) is 12.0 Å². The first kappa shape index (κ1) is 14.7. The molecule has 21 heavy (non-hydrogen) atoms. The van der Waals surface area contributed by atoms with E-state index in [2.05, 4.69) is 50.9 Å². The minimum Gasteiger partial charge on any atom is -0.313 e. The third kappa shape index (κ3) is 2.89. The summed E-state index contributed by atoms with van der Waals surface area (Å²) < 4.78 is 15.5. The lowest BCUT2D eigenvalue weighted by atomic mass is 9.98. The van der Waals surface area contributed by atoms with Crippen LogP contribution in [-0.2, 0) is 6.42 Å². The number of thiophene rings is 1. The van der Waals surface area contributed by atoms with Crippen molar-refractivity contribution in [3.8, 4) is 0 Å². The lowest BCUT2D eigenvalue weighted by molar-refractivity contribution is 0.584. The van der Waals surface area contributed by atoms with E-state index in [0.29, 0.717) is 4.47 Å². The molecule has 0 aliphatic rings. The van der Waals surface area contributed by atoms with Crippen LogP contribution in [0.4, 0.5) is 4.39 Å². The van der Waals surface area contributed by atoms with Gasteiger partial charge in [-0.2, -0.15) is 0 Å². The highest BCUT2D eigenvalue weighted by molar-refractivity contribution is 9.10. The second-order valence-electron chi connectivity index (χ2n) is 4.95. The molecule has 0 aliphatic heterocycles. The summed E-state index contributed by atoms with van der Waals surface area (Å²) in [6.45, 7) is 0. The minimum absolute atomic E-state index is 0.166. The molecular formula is C17H15BrFNS. The van der Waals surface area contributed by atoms with Gasteiger partial charge >= 0.3 is 0 Å². The minimum atomic E-state index is -0.211. The Bertz CT molecular complexity index is 768. The predicted octanol–water partition coefficient (Wildman–Crippen LogP) is 5.31. The van der Waals surface area contributed by atoms with Gasteiger partial charge in [0.05, 0.1) is 4.47 Å². The fourth-order valence-corrected chi connectivity index (χ4v) is 4.00. The zero-order valence-corrected chi connectivity index (χ0v) is 14.0. The van der Waals surface area contributed by atoms with Crippen LogP contribution in [-0.4, -0.2) is 7.05 Å². The average Bonchev–Trinajstić information content (AvgIpc) is 2.93. The van der Waals surface area contributed by atoms with Crippen molar-refractivity contribution in [1.82, 2.24) is 5.32 Å². The van der Waals surface area contributed by atoms with E-state index in [4.69, 9.17) is 0 Å². The summed E-state index contributed by atoms with van der Waals surface area (Å²) >= 11 is 5.10. The molecule has 1 heterocycles. The van der Waals surface area contributed by atoms with Gasteiger partial charge in [0.1, 0.15) is 5.82 Å². The quantitative estimate of drug-likeness (QED) is 0.662. The van der Waals surface area contributed by atoms with E-state index in [1.165, 1.54) is 21.7 Å². The molecule has 108 valence electrons. The van der Waals surface area contributed by atoms with Gasteiger partial charge in [0.15, 0.2) is 0 Å². The average molecular weight is 364 g/mol. The molecule has 3 aromatic rings. The Hall–Kier alpha value is -1.23. The van der Waals surface area contributed by atoms with Gasteiger partial charge < -0.3 is 5.32 Å². The third-order valence-corrected chi connectivity index (χ3v) is 5.56.